The molecule has 0 spiro atoms. The summed E-state index contributed by atoms with van der Waals surface area (Å²) in [5.41, 5.74) is -3.68. The molecule has 0 N–H and O–H groups in total. The van der Waals surface area contributed by atoms with Crippen LogP contribution in [0.3, 0.4) is 0 Å². The molecule has 1 aromatic rings. The van der Waals surface area contributed by atoms with Crippen molar-refractivity contribution in [2.45, 2.75) is 17.3 Å². The number of benzene rings is 1. The smallest absolute Gasteiger partial charge is 0.446 e. The molecule has 1 nitrogen and oxygen atoms in total. The number of halogens is 3. The summed E-state index contributed by atoms with van der Waals surface area (Å²) in [6, 6.07) is 4.50. The molecule has 0 radical (unpaired) electrons. The van der Waals surface area contributed by atoms with E-state index in [-0.39, 0.29) is 16.7 Å². The van der Waals surface area contributed by atoms with Crippen LogP contribution in [-0.4, -0.2) is 12.6 Å². The second-order valence-electron chi connectivity index (χ2n) is 2.68. The van der Waals surface area contributed by atoms with Crippen LogP contribution in [0.2, 0.25) is 0 Å². The Balaban J connectivity index is 2.89. The second-order valence-corrected chi connectivity index (χ2v) is 3.79. The lowest BCUT2D eigenvalue weighted by atomic mass is 10.2. The quantitative estimate of drug-likeness (QED) is 0.707. The minimum Gasteiger partial charge on any atom is -0.497 e. The molecule has 78 valence electrons. The average Bonchev–Trinajstić information content (AvgIpc) is 2.06. The Kier molecular flexibility index (Phi) is 3.31. The first-order valence-corrected chi connectivity index (χ1v) is 4.64. The van der Waals surface area contributed by atoms with Crippen LogP contribution in [0.4, 0.5) is 13.2 Å². The van der Waals surface area contributed by atoms with E-state index in [2.05, 4.69) is 0 Å². The minimum absolute atomic E-state index is 0.109. The highest BCUT2D eigenvalue weighted by Gasteiger charge is 2.29. The largest absolute Gasteiger partial charge is 0.497 e. The predicted molar refractivity (Wildman–Crippen MR) is 49.6 cm³/mol. The van der Waals surface area contributed by atoms with E-state index in [1.807, 2.05) is 0 Å². The summed E-state index contributed by atoms with van der Waals surface area (Å²) in [5.74, 6) is 0.564. The first kappa shape index (κ1) is 11.2. The Morgan fingerprint density at radius 1 is 1.29 bits per heavy atom. The van der Waals surface area contributed by atoms with Crippen LogP contribution >= 0.6 is 11.8 Å². The topological polar surface area (TPSA) is 9.23 Å². The number of thioether (sulfide) groups is 1. The van der Waals surface area contributed by atoms with E-state index >= 15 is 0 Å². The van der Waals surface area contributed by atoms with Crippen LogP contribution in [0.25, 0.3) is 0 Å². The predicted octanol–water partition coefficient (Wildman–Crippen LogP) is 3.62. The van der Waals surface area contributed by atoms with Gasteiger partial charge in [0.05, 0.1) is 7.11 Å². The van der Waals surface area contributed by atoms with Crippen molar-refractivity contribution in [3.05, 3.63) is 23.8 Å². The van der Waals surface area contributed by atoms with Crippen molar-refractivity contribution in [1.82, 2.24) is 0 Å². The minimum atomic E-state index is -4.24. The van der Waals surface area contributed by atoms with E-state index in [1.54, 1.807) is 13.0 Å². The number of rotatable bonds is 2. The Labute approximate surface area is 84.3 Å². The van der Waals surface area contributed by atoms with Gasteiger partial charge in [-0.25, -0.2) is 0 Å². The molecule has 0 heterocycles. The number of methoxy groups -OCH3 is 1. The van der Waals surface area contributed by atoms with Crippen molar-refractivity contribution >= 4 is 11.8 Å². The lowest BCUT2D eigenvalue weighted by molar-refractivity contribution is -0.0328. The van der Waals surface area contributed by atoms with Crippen LogP contribution in [0.1, 0.15) is 5.56 Å². The molecule has 0 bridgehead atoms. The van der Waals surface area contributed by atoms with Gasteiger partial charge in [-0.15, -0.1) is 0 Å². The van der Waals surface area contributed by atoms with Gasteiger partial charge in [0.1, 0.15) is 5.75 Å². The van der Waals surface area contributed by atoms with Gasteiger partial charge in [-0.2, -0.15) is 13.2 Å². The van der Waals surface area contributed by atoms with Crippen molar-refractivity contribution < 1.29 is 17.9 Å². The maximum atomic E-state index is 12.0. The summed E-state index contributed by atoms with van der Waals surface area (Å²) < 4.78 is 41.0. The standard InChI is InChI=1S/C9H9F3OS/c1-6-5-7(13-2)3-4-8(6)14-9(10,11)12/h3-5H,1-2H3. The van der Waals surface area contributed by atoms with E-state index in [1.165, 1.54) is 19.2 Å². The van der Waals surface area contributed by atoms with E-state index in [0.717, 1.165) is 0 Å². The van der Waals surface area contributed by atoms with Gasteiger partial charge in [0, 0.05) is 4.90 Å². The summed E-state index contributed by atoms with van der Waals surface area (Å²) in [6.45, 7) is 1.62. The molecule has 5 heteroatoms. The summed E-state index contributed by atoms with van der Waals surface area (Å²) in [7, 11) is 1.48. The highest BCUT2D eigenvalue weighted by Crippen LogP contribution is 2.39. The summed E-state index contributed by atoms with van der Waals surface area (Å²) in [4.78, 5) is 0.207. The third-order valence-electron chi connectivity index (χ3n) is 1.61. The molecule has 0 unspecified atom stereocenters. The molecular formula is C9H9F3OS. The van der Waals surface area contributed by atoms with Crippen molar-refractivity contribution in [2.24, 2.45) is 0 Å². The van der Waals surface area contributed by atoms with E-state index in [0.29, 0.717) is 11.3 Å². The van der Waals surface area contributed by atoms with Gasteiger partial charge < -0.3 is 4.74 Å². The Bertz CT molecular complexity index is 322. The second kappa shape index (κ2) is 4.13. The number of ether oxygens (including phenoxy) is 1. The molecule has 14 heavy (non-hydrogen) atoms. The Hall–Kier alpha value is -0.840. The number of hydrogen-bond donors (Lipinski definition) is 0. The lowest BCUT2D eigenvalue weighted by Gasteiger charge is -2.09. The Morgan fingerprint density at radius 2 is 1.93 bits per heavy atom. The van der Waals surface area contributed by atoms with Gasteiger partial charge in [0.25, 0.3) is 0 Å². The third kappa shape index (κ3) is 3.14. The number of aryl methyl sites for hydroxylation is 1. The maximum Gasteiger partial charge on any atom is 0.446 e. The van der Waals surface area contributed by atoms with Crippen molar-refractivity contribution in [1.29, 1.82) is 0 Å². The van der Waals surface area contributed by atoms with Crippen LogP contribution in [-0.2, 0) is 0 Å². The fourth-order valence-electron chi connectivity index (χ4n) is 0.988. The zero-order valence-electron chi connectivity index (χ0n) is 7.68. The number of hydrogen-bond acceptors (Lipinski definition) is 2. The monoisotopic (exact) mass is 222 g/mol. The Morgan fingerprint density at radius 3 is 2.36 bits per heavy atom. The van der Waals surface area contributed by atoms with E-state index in [9.17, 15) is 13.2 Å². The summed E-state index contributed by atoms with van der Waals surface area (Å²) >= 11 is -0.109. The van der Waals surface area contributed by atoms with Gasteiger partial charge in [0.2, 0.25) is 0 Å². The molecule has 0 aromatic heterocycles. The zero-order valence-corrected chi connectivity index (χ0v) is 8.50. The summed E-state index contributed by atoms with van der Waals surface area (Å²) in [5, 5.41) is 0. The average molecular weight is 222 g/mol. The molecule has 0 amide bonds. The van der Waals surface area contributed by atoms with Gasteiger partial charge in [-0.05, 0) is 42.4 Å². The molecule has 0 aliphatic carbocycles. The molecule has 0 saturated heterocycles. The molecule has 0 fully saturated rings. The fourth-order valence-corrected chi connectivity index (χ4v) is 1.59. The van der Waals surface area contributed by atoms with Crippen LogP contribution < -0.4 is 4.74 Å². The molecule has 1 rings (SSSR count). The molecule has 0 saturated carbocycles. The highest BCUT2D eigenvalue weighted by molar-refractivity contribution is 8.00. The third-order valence-corrected chi connectivity index (χ3v) is 2.52. The van der Waals surface area contributed by atoms with Gasteiger partial charge in [-0.1, -0.05) is 0 Å². The molecule has 0 atom stereocenters. The highest BCUT2D eigenvalue weighted by atomic mass is 32.2. The first-order valence-electron chi connectivity index (χ1n) is 3.83. The van der Waals surface area contributed by atoms with Crippen LogP contribution in [0.15, 0.2) is 23.1 Å². The normalized spacial score (nSPS) is 11.5. The molecule has 0 aliphatic heterocycles. The number of alkyl halides is 3. The fraction of sp³-hybridized carbons (Fsp3) is 0.333. The van der Waals surface area contributed by atoms with Gasteiger partial charge in [-0.3, -0.25) is 0 Å². The molecule has 0 aliphatic rings. The van der Waals surface area contributed by atoms with Crippen molar-refractivity contribution in [2.75, 3.05) is 7.11 Å². The SMILES string of the molecule is COc1ccc(SC(F)(F)F)c(C)c1. The summed E-state index contributed by atoms with van der Waals surface area (Å²) in [6.07, 6.45) is 0. The van der Waals surface area contributed by atoms with Gasteiger partial charge >= 0.3 is 5.51 Å². The first-order chi connectivity index (χ1) is 6.42. The van der Waals surface area contributed by atoms with Crippen LogP contribution in [0, 0.1) is 6.92 Å². The van der Waals surface area contributed by atoms with E-state index in [4.69, 9.17) is 4.74 Å². The lowest BCUT2D eigenvalue weighted by Crippen LogP contribution is -2.00. The van der Waals surface area contributed by atoms with E-state index < -0.39 is 5.51 Å². The molecule has 1 aromatic carbocycles. The zero-order chi connectivity index (χ0) is 10.8. The van der Waals surface area contributed by atoms with Gasteiger partial charge in [0.15, 0.2) is 0 Å². The molecular weight excluding hydrogens is 213 g/mol. The van der Waals surface area contributed by atoms with Crippen molar-refractivity contribution in [3.63, 3.8) is 0 Å². The van der Waals surface area contributed by atoms with Crippen molar-refractivity contribution in [3.8, 4) is 5.75 Å². The van der Waals surface area contributed by atoms with Crippen LogP contribution in [0.5, 0.6) is 5.75 Å². The maximum absolute atomic E-state index is 12.0.